The normalized spacial score (nSPS) is 11.9. The molecule has 0 atom stereocenters. The Morgan fingerprint density at radius 3 is 1.26 bits per heavy atom. The SMILES string of the molecule is c1ccc(-c2cc(-c3cccc(-n4c5ccccc5c5c6ccncc6c6sc7ccccc7c6c54)c3)nc(-c3ccccc3)n2)cc1.c1ccc(-c2nc(-n3c4ccccc4c4c5ccncc5c5oc6ccccc6c5c43)c3ccccc3n2)cc1.c1ccc(-c2nc(-n3c4ccccc4c4c5ccncc5c5sc6ccccc6c5c43)nc3ccccc23)cc1. The van der Waals surface area contributed by atoms with Crippen LogP contribution in [0.5, 0.6) is 0 Å². The zero-order valence-corrected chi connectivity index (χ0v) is 69.8. The summed E-state index contributed by atoms with van der Waals surface area (Å²) in [5.41, 5.74) is 19.2. The van der Waals surface area contributed by atoms with Crippen LogP contribution in [0.25, 0.3) is 256 Å². The summed E-state index contributed by atoms with van der Waals surface area (Å²) in [5.74, 6) is 2.92. The smallest absolute Gasteiger partial charge is 0.235 e. The summed E-state index contributed by atoms with van der Waals surface area (Å²) >= 11 is 3.68. The molecule has 15 heteroatoms. The molecule has 128 heavy (non-hydrogen) atoms. The van der Waals surface area contributed by atoms with Crippen molar-refractivity contribution in [2.45, 2.75) is 0 Å². The lowest BCUT2D eigenvalue weighted by atomic mass is 10.0. The molecule has 0 bridgehead atoms. The van der Waals surface area contributed by atoms with Gasteiger partial charge in [0.05, 0.1) is 66.6 Å². The predicted octanol–water partition coefficient (Wildman–Crippen LogP) is 29.6. The van der Waals surface area contributed by atoms with Crippen molar-refractivity contribution in [2.75, 3.05) is 0 Å². The van der Waals surface area contributed by atoms with Gasteiger partial charge in [-0.2, -0.15) is 0 Å². The third kappa shape index (κ3) is 11.4. The number of benzene rings is 16. The average Bonchev–Trinajstić information content (AvgIpc) is 1.54. The Bertz CT molecular complexity index is 9370. The third-order valence-electron chi connectivity index (χ3n) is 25.0. The molecule has 0 aliphatic heterocycles. The lowest BCUT2D eigenvalue weighted by molar-refractivity contribution is 0.672. The van der Waals surface area contributed by atoms with Crippen molar-refractivity contribution in [3.63, 3.8) is 0 Å². The molecular formula is C113H66N12OS2. The van der Waals surface area contributed by atoms with Gasteiger partial charge in [0, 0.05) is 176 Å². The molecule has 0 saturated carbocycles. The van der Waals surface area contributed by atoms with E-state index in [1.54, 1.807) is 0 Å². The molecule has 0 saturated heterocycles. The van der Waals surface area contributed by atoms with Gasteiger partial charge in [-0.25, -0.2) is 29.9 Å². The maximum atomic E-state index is 6.56. The van der Waals surface area contributed by atoms with Crippen LogP contribution in [0.4, 0.5) is 0 Å². The molecule has 28 aromatic rings. The van der Waals surface area contributed by atoms with Gasteiger partial charge in [0.2, 0.25) is 5.95 Å². The van der Waals surface area contributed by atoms with Gasteiger partial charge in [-0.3, -0.25) is 24.1 Å². The van der Waals surface area contributed by atoms with Gasteiger partial charge >= 0.3 is 0 Å². The molecule has 0 unspecified atom stereocenters. The van der Waals surface area contributed by atoms with E-state index in [-0.39, 0.29) is 0 Å². The molecule has 0 aliphatic carbocycles. The van der Waals surface area contributed by atoms with Crippen molar-refractivity contribution in [1.82, 2.24) is 58.6 Å². The summed E-state index contributed by atoms with van der Waals surface area (Å²) in [4.78, 5) is 44.5. The lowest BCUT2D eigenvalue weighted by Gasteiger charge is -2.13. The topological polar surface area (TPSA) is 144 Å². The summed E-state index contributed by atoms with van der Waals surface area (Å²) in [6.45, 7) is 0. The van der Waals surface area contributed by atoms with Gasteiger partial charge in [-0.1, -0.05) is 273 Å². The Morgan fingerprint density at radius 1 is 0.250 bits per heavy atom. The molecule has 0 aliphatic rings. The van der Waals surface area contributed by atoms with Crippen molar-refractivity contribution in [1.29, 1.82) is 0 Å². The molecule has 12 aromatic heterocycles. The van der Waals surface area contributed by atoms with Gasteiger partial charge in [0.15, 0.2) is 11.6 Å². The first-order valence-electron chi connectivity index (χ1n) is 42.6. The standard InChI is InChI=1S/C43H26N4S.C35H20N4O.C35H20N4S/c1-3-12-27(13-4-1)35-25-36(46-43(45-35)28-14-5-2-6-15-28)29-16-11-17-30(24-29)47-37-20-9-7-18-32(37)39-31-22-23-44-26-34(31)42-40(41(39)47)33-19-8-10-21-38(33)48-42;1-2-10-21(11-3-1)34-37-27-15-7-4-12-23(27)35(38-34)39-28-16-8-5-13-24(28)30-22-18-19-36-20-26(22)33-31(32(30)39)25-14-6-9-17-29(25)40-33;1-2-10-21(11-3-1)32-23-12-4-7-15-27(23)37-35(38-32)39-28-16-8-5-13-24(28)30-22-18-19-36-20-26(22)34-31(33(30)39)25-14-6-9-17-29(25)40-34/h1-26H;2*1-20H. The van der Waals surface area contributed by atoms with Crippen molar-refractivity contribution in [2.24, 2.45) is 0 Å². The van der Waals surface area contributed by atoms with Crippen molar-refractivity contribution < 1.29 is 4.42 Å². The zero-order chi connectivity index (χ0) is 84.0. The number of hydrogen-bond acceptors (Lipinski definition) is 12. The van der Waals surface area contributed by atoms with Gasteiger partial charge in [-0.15, -0.1) is 22.7 Å². The zero-order valence-electron chi connectivity index (χ0n) is 68.2. The summed E-state index contributed by atoms with van der Waals surface area (Å²) in [5, 5.41) is 23.3. The molecule has 0 spiro atoms. The average molecular weight is 1670 g/mol. The fraction of sp³-hybridized carbons (Fsp3) is 0. The Kier molecular flexibility index (Phi) is 16.7. The van der Waals surface area contributed by atoms with Crippen molar-refractivity contribution in [3.8, 4) is 74.0 Å². The first-order valence-corrected chi connectivity index (χ1v) is 44.2. The second-order valence-electron chi connectivity index (χ2n) is 32.2. The maximum absolute atomic E-state index is 6.56. The van der Waals surface area contributed by atoms with Crippen LogP contribution in [0.1, 0.15) is 0 Å². The van der Waals surface area contributed by atoms with Crippen LogP contribution in [-0.2, 0) is 0 Å². The van der Waals surface area contributed by atoms with Crippen LogP contribution in [-0.4, -0.2) is 58.6 Å². The summed E-state index contributed by atoms with van der Waals surface area (Å²) in [6.07, 6.45) is 11.6. The highest BCUT2D eigenvalue weighted by molar-refractivity contribution is 7.27. The number of nitrogens with zero attached hydrogens (tertiary/aromatic N) is 12. The van der Waals surface area contributed by atoms with E-state index in [1.807, 2.05) is 133 Å². The molecule has 16 aromatic carbocycles. The van der Waals surface area contributed by atoms with E-state index in [0.717, 1.165) is 144 Å². The summed E-state index contributed by atoms with van der Waals surface area (Å²) in [7, 11) is 0. The minimum absolute atomic E-state index is 0.675. The Labute approximate surface area is 737 Å². The monoisotopic (exact) mass is 1670 g/mol. The van der Waals surface area contributed by atoms with Gasteiger partial charge in [0.25, 0.3) is 0 Å². The van der Waals surface area contributed by atoms with Crippen molar-refractivity contribution in [3.05, 3.63) is 401 Å². The molecule has 0 fully saturated rings. The van der Waals surface area contributed by atoms with E-state index in [9.17, 15) is 0 Å². The highest BCUT2D eigenvalue weighted by Gasteiger charge is 2.29. The highest BCUT2D eigenvalue weighted by atomic mass is 32.1. The first kappa shape index (κ1) is 72.8. The number of para-hydroxylation sites is 6. The van der Waals surface area contributed by atoms with E-state index >= 15 is 0 Å². The van der Waals surface area contributed by atoms with Crippen LogP contribution < -0.4 is 0 Å². The maximum Gasteiger partial charge on any atom is 0.235 e. The van der Waals surface area contributed by atoms with Crippen LogP contribution in [0.2, 0.25) is 0 Å². The summed E-state index contributed by atoms with van der Waals surface area (Å²) in [6, 6.07) is 127. The third-order valence-corrected chi connectivity index (χ3v) is 27.4. The van der Waals surface area contributed by atoms with Crippen molar-refractivity contribution >= 4 is 204 Å². The van der Waals surface area contributed by atoms with Crippen LogP contribution >= 0.6 is 22.7 Å². The lowest BCUT2D eigenvalue weighted by Crippen LogP contribution is -2.03. The highest BCUT2D eigenvalue weighted by Crippen LogP contribution is 2.52. The van der Waals surface area contributed by atoms with E-state index in [0.29, 0.717) is 17.6 Å². The number of fused-ring (bicyclic) bond motifs is 32. The summed E-state index contributed by atoms with van der Waals surface area (Å²) < 4.78 is 18.6. The second kappa shape index (κ2) is 29.4. The molecular weight excluding hydrogens is 1610 g/mol. The molecule has 0 radical (unpaired) electrons. The molecule has 596 valence electrons. The molecule has 12 heterocycles. The number of hydrogen-bond donors (Lipinski definition) is 0. The quantitative estimate of drug-likeness (QED) is 0.144. The molecule has 0 N–H and O–H groups in total. The van der Waals surface area contributed by atoms with Crippen LogP contribution in [0.3, 0.4) is 0 Å². The number of aromatic nitrogens is 12. The molecule has 13 nitrogen and oxygen atoms in total. The first-order chi connectivity index (χ1) is 63.5. The largest absolute Gasteiger partial charge is 0.455 e. The van der Waals surface area contributed by atoms with E-state index in [4.69, 9.17) is 34.3 Å². The van der Waals surface area contributed by atoms with E-state index in [2.05, 4.69) is 320 Å². The van der Waals surface area contributed by atoms with Gasteiger partial charge in [0.1, 0.15) is 17.0 Å². The minimum Gasteiger partial charge on any atom is -0.455 e. The Balaban J connectivity index is 0.000000102. The van der Waals surface area contributed by atoms with Gasteiger partial charge in [-0.05, 0) is 107 Å². The fourth-order valence-electron chi connectivity index (χ4n) is 19.5. The Morgan fingerprint density at radius 2 is 0.672 bits per heavy atom. The van der Waals surface area contributed by atoms with Gasteiger partial charge < -0.3 is 8.98 Å². The van der Waals surface area contributed by atoms with E-state index < -0.39 is 0 Å². The molecule has 28 rings (SSSR count). The second-order valence-corrected chi connectivity index (χ2v) is 34.3. The van der Waals surface area contributed by atoms with Crippen LogP contribution in [0.15, 0.2) is 406 Å². The molecule has 0 amide bonds. The minimum atomic E-state index is 0.675. The number of furan rings is 1. The number of pyridine rings is 3. The number of rotatable bonds is 8. The van der Waals surface area contributed by atoms with E-state index in [1.165, 1.54) is 94.5 Å². The fourth-order valence-corrected chi connectivity index (χ4v) is 22.0. The number of thiophene rings is 2. The predicted molar refractivity (Wildman–Crippen MR) is 530 cm³/mol. The van der Waals surface area contributed by atoms with Crippen LogP contribution in [0, 0.1) is 0 Å². The Hall–Kier alpha value is -16.9.